The summed E-state index contributed by atoms with van der Waals surface area (Å²) in [5, 5.41) is 12.7. The number of hydrogen-bond donors (Lipinski definition) is 2. The van der Waals surface area contributed by atoms with E-state index >= 15 is 0 Å². The van der Waals surface area contributed by atoms with Crippen molar-refractivity contribution in [1.29, 1.82) is 0 Å². The Bertz CT molecular complexity index is 149. The Morgan fingerprint density at radius 2 is 1.77 bits per heavy atom. The second-order valence-electron chi connectivity index (χ2n) is 4.79. The summed E-state index contributed by atoms with van der Waals surface area (Å²) < 4.78 is 0. The Morgan fingerprint density at radius 3 is 2.15 bits per heavy atom. The average molecular weight is 183 g/mol. The number of rotatable bonds is 6. The molecule has 76 valence electrons. The van der Waals surface area contributed by atoms with Crippen LogP contribution in [0.2, 0.25) is 0 Å². The van der Waals surface area contributed by atoms with Crippen LogP contribution in [0, 0.1) is 11.8 Å². The molecule has 0 bridgehead atoms. The Kier molecular flexibility index (Phi) is 2.89. The van der Waals surface area contributed by atoms with E-state index in [1.54, 1.807) is 0 Å². The topological polar surface area (TPSA) is 32.3 Å². The summed E-state index contributed by atoms with van der Waals surface area (Å²) >= 11 is 0. The van der Waals surface area contributed by atoms with Crippen LogP contribution in [0.4, 0.5) is 0 Å². The van der Waals surface area contributed by atoms with Gasteiger partial charge in [0.15, 0.2) is 0 Å². The molecule has 2 heteroatoms. The number of nitrogens with one attached hydrogen (secondary N) is 1. The highest BCUT2D eigenvalue weighted by Crippen LogP contribution is 2.44. The van der Waals surface area contributed by atoms with Crippen molar-refractivity contribution in [2.75, 3.05) is 6.54 Å². The summed E-state index contributed by atoms with van der Waals surface area (Å²) in [6.07, 6.45) is 6.49. The maximum absolute atomic E-state index is 9.13. The molecule has 2 saturated carbocycles. The molecule has 1 atom stereocenters. The van der Waals surface area contributed by atoms with Crippen molar-refractivity contribution in [3.8, 4) is 0 Å². The molecule has 0 aromatic carbocycles. The molecule has 0 heterocycles. The lowest BCUT2D eigenvalue weighted by atomic mass is 10.1. The number of aliphatic hydroxyl groups is 1. The summed E-state index contributed by atoms with van der Waals surface area (Å²) in [6, 6.07) is 0.791. The molecule has 0 spiro atoms. The zero-order valence-corrected chi connectivity index (χ0v) is 8.50. The summed E-state index contributed by atoms with van der Waals surface area (Å²) in [4.78, 5) is 0. The van der Waals surface area contributed by atoms with Crippen molar-refractivity contribution >= 4 is 0 Å². The molecule has 0 radical (unpaired) electrons. The molecule has 2 aliphatic carbocycles. The molecular weight excluding hydrogens is 162 g/mol. The Morgan fingerprint density at radius 1 is 1.23 bits per heavy atom. The maximum atomic E-state index is 9.13. The first kappa shape index (κ1) is 9.47. The molecule has 0 aromatic rings. The standard InChI is InChI=1S/C11H21NO/c1-8(13)6-7-12-11(9-2-3-9)10-4-5-10/h8-13H,2-7H2,1H3/t8-/m1/s1. The molecule has 2 rings (SSSR count). The van der Waals surface area contributed by atoms with E-state index in [1.165, 1.54) is 25.7 Å². The quantitative estimate of drug-likeness (QED) is 0.654. The van der Waals surface area contributed by atoms with Crippen molar-refractivity contribution in [2.24, 2.45) is 11.8 Å². The van der Waals surface area contributed by atoms with E-state index in [-0.39, 0.29) is 6.10 Å². The molecule has 0 aromatic heterocycles. The highest BCUT2D eigenvalue weighted by atomic mass is 16.3. The maximum Gasteiger partial charge on any atom is 0.0524 e. The van der Waals surface area contributed by atoms with Gasteiger partial charge < -0.3 is 10.4 Å². The zero-order chi connectivity index (χ0) is 9.26. The molecule has 0 unspecified atom stereocenters. The van der Waals surface area contributed by atoms with Gasteiger partial charge in [-0.05, 0) is 57.4 Å². The van der Waals surface area contributed by atoms with E-state index in [4.69, 9.17) is 5.11 Å². The van der Waals surface area contributed by atoms with Gasteiger partial charge in [0.1, 0.15) is 0 Å². The lowest BCUT2D eigenvalue weighted by molar-refractivity contribution is 0.181. The van der Waals surface area contributed by atoms with Crippen LogP contribution in [0.25, 0.3) is 0 Å². The van der Waals surface area contributed by atoms with Gasteiger partial charge in [-0.3, -0.25) is 0 Å². The average Bonchev–Trinajstić information content (AvgIpc) is 2.89. The predicted molar refractivity (Wildman–Crippen MR) is 53.5 cm³/mol. The van der Waals surface area contributed by atoms with Crippen LogP contribution in [0.15, 0.2) is 0 Å². The van der Waals surface area contributed by atoms with E-state index in [0.717, 1.165) is 30.8 Å². The molecule has 0 saturated heterocycles. The smallest absolute Gasteiger partial charge is 0.0524 e. The van der Waals surface area contributed by atoms with Crippen molar-refractivity contribution in [3.05, 3.63) is 0 Å². The fourth-order valence-corrected chi connectivity index (χ4v) is 2.09. The number of hydrogen-bond acceptors (Lipinski definition) is 2. The van der Waals surface area contributed by atoms with Gasteiger partial charge in [-0.1, -0.05) is 0 Å². The minimum atomic E-state index is -0.147. The largest absolute Gasteiger partial charge is 0.393 e. The van der Waals surface area contributed by atoms with Gasteiger partial charge in [-0.2, -0.15) is 0 Å². The van der Waals surface area contributed by atoms with Gasteiger partial charge in [-0.15, -0.1) is 0 Å². The monoisotopic (exact) mass is 183 g/mol. The summed E-state index contributed by atoms with van der Waals surface area (Å²) in [5.74, 6) is 1.95. The van der Waals surface area contributed by atoms with Gasteiger partial charge >= 0.3 is 0 Å². The third kappa shape index (κ3) is 2.96. The Hall–Kier alpha value is -0.0800. The molecule has 0 amide bonds. The van der Waals surface area contributed by atoms with E-state index in [2.05, 4.69) is 5.32 Å². The number of aliphatic hydroxyl groups excluding tert-OH is 1. The first-order chi connectivity index (χ1) is 6.27. The van der Waals surface area contributed by atoms with Gasteiger partial charge in [0.05, 0.1) is 6.10 Å². The van der Waals surface area contributed by atoms with Gasteiger partial charge in [-0.25, -0.2) is 0 Å². The van der Waals surface area contributed by atoms with E-state index in [0.29, 0.717) is 0 Å². The molecule has 2 nitrogen and oxygen atoms in total. The fourth-order valence-electron chi connectivity index (χ4n) is 2.09. The molecule has 2 fully saturated rings. The predicted octanol–water partition coefficient (Wildman–Crippen LogP) is 1.54. The van der Waals surface area contributed by atoms with E-state index in [9.17, 15) is 0 Å². The van der Waals surface area contributed by atoms with Crippen molar-refractivity contribution < 1.29 is 5.11 Å². The summed E-state index contributed by atoms with van der Waals surface area (Å²) in [7, 11) is 0. The van der Waals surface area contributed by atoms with Crippen LogP contribution in [-0.4, -0.2) is 23.8 Å². The lowest BCUT2D eigenvalue weighted by Crippen LogP contribution is -2.34. The minimum absolute atomic E-state index is 0.147. The minimum Gasteiger partial charge on any atom is -0.393 e. The third-order valence-corrected chi connectivity index (χ3v) is 3.20. The van der Waals surface area contributed by atoms with Gasteiger partial charge in [0.25, 0.3) is 0 Å². The molecule has 13 heavy (non-hydrogen) atoms. The van der Waals surface area contributed by atoms with Crippen LogP contribution in [0.3, 0.4) is 0 Å². The van der Waals surface area contributed by atoms with Crippen LogP contribution in [0.5, 0.6) is 0 Å². The Labute approximate surface area is 80.7 Å². The second kappa shape index (κ2) is 3.97. The van der Waals surface area contributed by atoms with Crippen LogP contribution < -0.4 is 5.32 Å². The van der Waals surface area contributed by atoms with Gasteiger partial charge in [0, 0.05) is 6.04 Å². The highest BCUT2D eigenvalue weighted by Gasteiger charge is 2.40. The SMILES string of the molecule is C[C@@H](O)CCNC(C1CC1)C1CC1. The second-order valence-corrected chi connectivity index (χ2v) is 4.79. The van der Waals surface area contributed by atoms with Crippen LogP contribution in [0.1, 0.15) is 39.0 Å². The van der Waals surface area contributed by atoms with Crippen molar-refractivity contribution in [2.45, 2.75) is 51.2 Å². The zero-order valence-electron chi connectivity index (χ0n) is 8.50. The normalized spacial score (nSPS) is 25.2. The van der Waals surface area contributed by atoms with E-state index < -0.39 is 0 Å². The molecule has 2 aliphatic rings. The first-order valence-corrected chi connectivity index (χ1v) is 5.69. The molecular formula is C11H21NO. The summed E-state index contributed by atoms with van der Waals surface area (Å²) in [6.45, 7) is 2.86. The third-order valence-electron chi connectivity index (χ3n) is 3.20. The highest BCUT2D eigenvalue weighted by molar-refractivity contribution is 4.96. The lowest BCUT2D eigenvalue weighted by Gasteiger charge is -2.17. The van der Waals surface area contributed by atoms with Crippen molar-refractivity contribution in [3.63, 3.8) is 0 Å². The fraction of sp³-hybridized carbons (Fsp3) is 1.00. The van der Waals surface area contributed by atoms with Gasteiger partial charge in [0.2, 0.25) is 0 Å². The van der Waals surface area contributed by atoms with Crippen LogP contribution in [-0.2, 0) is 0 Å². The molecule has 2 N–H and O–H groups in total. The van der Waals surface area contributed by atoms with Crippen molar-refractivity contribution in [1.82, 2.24) is 5.32 Å². The van der Waals surface area contributed by atoms with Crippen LogP contribution >= 0.6 is 0 Å². The Balaban J connectivity index is 1.64. The summed E-state index contributed by atoms with van der Waals surface area (Å²) in [5.41, 5.74) is 0. The molecule has 0 aliphatic heterocycles. The van der Waals surface area contributed by atoms with E-state index in [1.807, 2.05) is 6.92 Å². The first-order valence-electron chi connectivity index (χ1n) is 5.69.